The molecule has 0 heterocycles. The molecule has 0 saturated heterocycles. The fraction of sp³-hybridized carbons (Fsp3) is 0.652. The van der Waals surface area contributed by atoms with E-state index in [1.807, 2.05) is 0 Å². The number of aryl methyl sites for hydroxylation is 1. The van der Waals surface area contributed by atoms with Gasteiger partial charge in [-0.15, -0.1) is 5.54 Å². The molecule has 0 bridgehead atoms. The minimum absolute atomic E-state index is 0.699. The van der Waals surface area contributed by atoms with Crippen LogP contribution in [0.15, 0.2) is 18.2 Å². The van der Waals surface area contributed by atoms with Gasteiger partial charge in [0.2, 0.25) is 0 Å². The lowest BCUT2D eigenvalue weighted by Gasteiger charge is -2.38. The Hall–Kier alpha value is -1.00. The smallest absolute Gasteiger partial charge is 0.125 e. The average molecular weight is 341 g/mol. The summed E-state index contributed by atoms with van der Waals surface area (Å²) >= 11 is 0. The van der Waals surface area contributed by atoms with Crippen LogP contribution >= 0.6 is 0 Å². The van der Waals surface area contributed by atoms with Gasteiger partial charge in [-0.25, -0.2) is 0 Å². The molecule has 0 N–H and O–H groups in total. The molecule has 0 atom stereocenters. The normalized spacial score (nSPS) is 16.1. The maximum Gasteiger partial charge on any atom is 0.146 e. The van der Waals surface area contributed by atoms with Crippen molar-refractivity contribution in [2.45, 2.75) is 96.7 Å². The fourth-order valence-electron chi connectivity index (χ4n) is 4.98. The Morgan fingerprint density at radius 1 is 0.917 bits per heavy atom. The summed E-state index contributed by atoms with van der Waals surface area (Å²) in [6, 6.07) is 6.97. The monoisotopic (exact) mass is 340 g/mol. The molecule has 0 radical (unpaired) electrons. The van der Waals surface area contributed by atoms with Gasteiger partial charge in [-0.05, 0) is 59.5 Å². The third-order valence-electron chi connectivity index (χ3n) is 6.28. The third-order valence-corrected chi connectivity index (χ3v) is 12.6. The first-order chi connectivity index (χ1) is 11.3. The van der Waals surface area contributed by atoms with Crippen LogP contribution in [0.5, 0.6) is 0 Å². The van der Waals surface area contributed by atoms with Gasteiger partial charge in [-0.3, -0.25) is 0 Å². The van der Waals surface area contributed by atoms with Gasteiger partial charge >= 0.3 is 0 Å². The second-order valence-corrected chi connectivity index (χ2v) is 14.3. The van der Waals surface area contributed by atoms with E-state index in [1.54, 1.807) is 0 Å². The summed E-state index contributed by atoms with van der Waals surface area (Å²) in [5.41, 5.74) is 10.2. The summed E-state index contributed by atoms with van der Waals surface area (Å²) in [7, 11) is -1.65. The van der Waals surface area contributed by atoms with Crippen LogP contribution in [0.1, 0.15) is 89.8 Å². The highest BCUT2D eigenvalue weighted by Crippen LogP contribution is 2.41. The van der Waals surface area contributed by atoms with Gasteiger partial charge in [-0.1, -0.05) is 72.4 Å². The first-order valence-electron chi connectivity index (χ1n) is 9.92. The predicted molar refractivity (Wildman–Crippen MR) is 110 cm³/mol. The van der Waals surface area contributed by atoms with Crippen molar-refractivity contribution >= 4 is 8.07 Å². The van der Waals surface area contributed by atoms with E-state index in [2.05, 4.69) is 78.1 Å². The summed E-state index contributed by atoms with van der Waals surface area (Å²) < 4.78 is 0. The molecule has 1 aliphatic carbocycles. The summed E-state index contributed by atoms with van der Waals surface area (Å²) in [6.07, 6.45) is 5.46. The highest BCUT2D eigenvalue weighted by Gasteiger charge is 2.41. The molecule has 0 spiro atoms. The number of hydrogen-bond donors (Lipinski definition) is 0. The van der Waals surface area contributed by atoms with E-state index in [4.69, 9.17) is 0 Å². The van der Waals surface area contributed by atoms with Crippen molar-refractivity contribution in [1.29, 1.82) is 0 Å². The lowest BCUT2D eigenvalue weighted by Crippen LogP contribution is -2.43. The summed E-state index contributed by atoms with van der Waals surface area (Å²) in [5, 5.41) is 0. The second kappa shape index (κ2) is 7.92. The zero-order chi connectivity index (χ0) is 17.9. The van der Waals surface area contributed by atoms with Crippen molar-refractivity contribution in [2.24, 2.45) is 0 Å². The van der Waals surface area contributed by atoms with E-state index in [0.29, 0.717) is 16.6 Å². The Labute approximate surface area is 151 Å². The zero-order valence-electron chi connectivity index (χ0n) is 16.9. The molecule has 0 unspecified atom stereocenters. The minimum Gasteiger partial charge on any atom is -0.125 e. The summed E-state index contributed by atoms with van der Waals surface area (Å²) in [5.74, 6) is 4.47. The van der Waals surface area contributed by atoms with Gasteiger partial charge in [0.25, 0.3) is 0 Å². The van der Waals surface area contributed by atoms with Crippen molar-refractivity contribution in [3.05, 3.63) is 34.9 Å². The fourth-order valence-corrected chi connectivity index (χ4v) is 10.2. The maximum atomic E-state index is 3.93. The van der Waals surface area contributed by atoms with E-state index in [-0.39, 0.29) is 0 Å². The number of hydrogen-bond acceptors (Lipinski definition) is 0. The first kappa shape index (κ1) is 19.3. The minimum atomic E-state index is -1.65. The van der Waals surface area contributed by atoms with Crippen molar-refractivity contribution < 1.29 is 0 Å². The third kappa shape index (κ3) is 3.80. The molecule has 24 heavy (non-hydrogen) atoms. The van der Waals surface area contributed by atoms with Crippen LogP contribution in [0, 0.1) is 18.4 Å². The van der Waals surface area contributed by atoms with Crippen LogP contribution in [0.2, 0.25) is 16.6 Å². The van der Waals surface area contributed by atoms with Gasteiger partial charge in [-0.2, -0.15) is 0 Å². The van der Waals surface area contributed by atoms with Crippen LogP contribution in [-0.4, -0.2) is 8.07 Å². The van der Waals surface area contributed by atoms with E-state index in [1.165, 1.54) is 42.4 Å². The second-order valence-electron chi connectivity index (χ2n) is 8.72. The average Bonchev–Trinajstić information content (AvgIpc) is 3.01. The molecule has 1 heteroatoms. The van der Waals surface area contributed by atoms with Gasteiger partial charge in [0.1, 0.15) is 8.07 Å². The van der Waals surface area contributed by atoms with Crippen molar-refractivity contribution in [3.63, 3.8) is 0 Å². The SMILES string of the molecule is Cc1ccc(C2CCCC2)c(C#C[Si](C(C)C)(C(C)C)C(C)C)c1. The Bertz CT molecular complexity index is 585. The molecule has 0 aromatic heterocycles. The molecule has 132 valence electrons. The van der Waals surface area contributed by atoms with Crippen molar-refractivity contribution in [3.8, 4) is 11.5 Å². The Kier molecular flexibility index (Phi) is 6.38. The van der Waals surface area contributed by atoms with Crippen molar-refractivity contribution in [1.82, 2.24) is 0 Å². The molecular formula is C23H36Si. The van der Waals surface area contributed by atoms with Gasteiger partial charge in [0, 0.05) is 5.56 Å². The Morgan fingerprint density at radius 2 is 1.46 bits per heavy atom. The largest absolute Gasteiger partial charge is 0.146 e. The molecule has 0 nitrogen and oxygen atoms in total. The van der Waals surface area contributed by atoms with Gasteiger partial charge in [0.15, 0.2) is 0 Å². The zero-order valence-corrected chi connectivity index (χ0v) is 17.9. The van der Waals surface area contributed by atoms with E-state index >= 15 is 0 Å². The van der Waals surface area contributed by atoms with Crippen LogP contribution in [0.25, 0.3) is 0 Å². The van der Waals surface area contributed by atoms with Crippen molar-refractivity contribution in [2.75, 3.05) is 0 Å². The highest BCUT2D eigenvalue weighted by molar-refractivity contribution is 6.90. The summed E-state index contributed by atoms with van der Waals surface area (Å²) in [4.78, 5) is 0. The van der Waals surface area contributed by atoms with Crippen LogP contribution in [0.3, 0.4) is 0 Å². The van der Waals surface area contributed by atoms with Gasteiger partial charge in [0.05, 0.1) is 0 Å². The highest BCUT2D eigenvalue weighted by atomic mass is 28.3. The molecule has 1 aromatic rings. The quantitative estimate of drug-likeness (QED) is 0.401. The lowest BCUT2D eigenvalue weighted by molar-refractivity contribution is 0.721. The first-order valence-corrected chi connectivity index (χ1v) is 12.2. The van der Waals surface area contributed by atoms with Crippen LogP contribution < -0.4 is 0 Å². The molecule has 0 amide bonds. The molecule has 1 fully saturated rings. The molecular weight excluding hydrogens is 304 g/mol. The number of rotatable bonds is 4. The van der Waals surface area contributed by atoms with E-state index in [9.17, 15) is 0 Å². The van der Waals surface area contributed by atoms with Crippen LogP contribution in [0.4, 0.5) is 0 Å². The Morgan fingerprint density at radius 3 is 1.96 bits per heavy atom. The predicted octanol–water partition coefficient (Wildman–Crippen LogP) is 7.22. The topological polar surface area (TPSA) is 0 Å². The number of benzene rings is 1. The molecule has 2 rings (SSSR count). The maximum absolute atomic E-state index is 3.93. The Balaban J connectivity index is 2.49. The summed E-state index contributed by atoms with van der Waals surface area (Å²) in [6.45, 7) is 16.6. The lowest BCUT2D eigenvalue weighted by atomic mass is 9.92. The van der Waals surface area contributed by atoms with Gasteiger partial charge < -0.3 is 0 Å². The molecule has 0 aliphatic heterocycles. The molecule has 1 aromatic carbocycles. The molecule has 1 aliphatic rings. The van der Waals surface area contributed by atoms with Crippen LogP contribution in [-0.2, 0) is 0 Å². The molecule has 1 saturated carbocycles. The standard InChI is InChI=1S/C23H36Si/c1-17(2)24(18(3)4,19(5)6)15-14-22-16-20(7)12-13-23(22)21-10-8-9-11-21/h12-13,16-19,21H,8-11H2,1-7H3. The van der Waals surface area contributed by atoms with E-state index in [0.717, 1.165) is 5.92 Å². The van der Waals surface area contributed by atoms with E-state index < -0.39 is 8.07 Å².